The van der Waals surface area contributed by atoms with Crippen molar-refractivity contribution in [2.24, 2.45) is 0 Å². The molecule has 0 atom stereocenters. The molecule has 0 nitrogen and oxygen atoms in total. The molecule has 0 aromatic carbocycles. The second kappa shape index (κ2) is 27.4. The van der Waals surface area contributed by atoms with Crippen LogP contribution in [0.1, 0.15) is 13.8 Å². The van der Waals surface area contributed by atoms with Crippen molar-refractivity contribution in [2.75, 3.05) is 0 Å². The van der Waals surface area contributed by atoms with E-state index >= 15 is 0 Å². The van der Waals surface area contributed by atoms with E-state index < -0.39 is 0 Å². The van der Waals surface area contributed by atoms with Gasteiger partial charge in [0.25, 0.3) is 0 Å². The van der Waals surface area contributed by atoms with E-state index in [1.165, 1.54) is 0 Å². The van der Waals surface area contributed by atoms with Crippen molar-refractivity contribution in [2.45, 2.75) is 13.8 Å². The van der Waals surface area contributed by atoms with Gasteiger partial charge >= 0.3 is 0 Å². The molecular formula is C6H12K. The predicted octanol–water partition coefficient (Wildman–Crippen LogP) is 2.00. The second-order valence-corrected chi connectivity index (χ2v) is 0.816. The number of rotatable bonds is 0. The molecule has 0 amide bonds. The summed E-state index contributed by atoms with van der Waals surface area (Å²) in [7, 11) is 0. The van der Waals surface area contributed by atoms with Crippen LogP contribution in [0.2, 0.25) is 0 Å². The third kappa shape index (κ3) is 149. The molecule has 37 valence electrons. The number of hydrogen-bond acceptors (Lipinski definition) is 0. The van der Waals surface area contributed by atoms with Crippen molar-refractivity contribution in [1.82, 2.24) is 0 Å². The third-order valence-corrected chi connectivity index (χ3v) is 0. The summed E-state index contributed by atoms with van der Waals surface area (Å²) in [5, 5.41) is 0. The quantitative estimate of drug-likeness (QED) is 0.341. The summed E-state index contributed by atoms with van der Waals surface area (Å²) < 4.78 is 0. The molecular weight excluding hydrogens is 111 g/mol. The third-order valence-electron chi connectivity index (χ3n) is 0. The van der Waals surface area contributed by atoms with Crippen LogP contribution in [0.5, 0.6) is 0 Å². The maximum Gasteiger partial charge on any atom is 0 e. The summed E-state index contributed by atoms with van der Waals surface area (Å²) in [6.45, 7) is 10.5. The Morgan fingerprint density at radius 2 is 1.00 bits per heavy atom. The van der Waals surface area contributed by atoms with Gasteiger partial charge in [0.1, 0.15) is 0 Å². The molecule has 0 aliphatic rings. The molecule has 0 aromatic rings. The van der Waals surface area contributed by atoms with Crippen molar-refractivity contribution >= 4 is 51.4 Å². The fraction of sp³-hybridized carbons (Fsp3) is 0.333. The molecule has 0 saturated heterocycles. The first kappa shape index (κ1) is 15.7. The van der Waals surface area contributed by atoms with E-state index in [-0.39, 0.29) is 51.4 Å². The minimum atomic E-state index is 0. The molecule has 1 radical (unpaired) electrons. The molecule has 0 aliphatic heterocycles. The predicted molar refractivity (Wildman–Crippen MR) is 37.5 cm³/mol. The standard InChI is InChI=1S/2C3H6.K/c2*1-3-2;/h2*3H,1H2,2H3;. The molecule has 0 aromatic heterocycles. The molecule has 0 fully saturated rings. The van der Waals surface area contributed by atoms with Crippen LogP contribution in [0.3, 0.4) is 0 Å². The van der Waals surface area contributed by atoms with Gasteiger partial charge in [-0.2, -0.15) is 0 Å². The molecule has 0 heterocycles. The van der Waals surface area contributed by atoms with Gasteiger partial charge in [-0.1, -0.05) is 12.2 Å². The van der Waals surface area contributed by atoms with Crippen LogP contribution in [-0.4, -0.2) is 51.4 Å². The van der Waals surface area contributed by atoms with Gasteiger partial charge in [-0.3, -0.25) is 0 Å². The van der Waals surface area contributed by atoms with Gasteiger partial charge in [0.05, 0.1) is 0 Å². The minimum Gasteiger partial charge on any atom is -0.103 e. The number of allylic oxidation sites excluding steroid dienone is 2. The second-order valence-electron chi connectivity index (χ2n) is 0.816. The molecule has 0 bridgehead atoms. The average Bonchev–Trinajstić information content (AvgIpc) is 1.39. The van der Waals surface area contributed by atoms with E-state index in [4.69, 9.17) is 0 Å². The molecule has 7 heavy (non-hydrogen) atoms. The van der Waals surface area contributed by atoms with Crippen molar-refractivity contribution in [1.29, 1.82) is 0 Å². The Morgan fingerprint density at radius 3 is 1.00 bits per heavy atom. The maximum absolute atomic E-state index is 3.36. The molecule has 0 N–H and O–H groups in total. The molecule has 0 rings (SSSR count). The van der Waals surface area contributed by atoms with Crippen molar-refractivity contribution in [3.05, 3.63) is 25.3 Å². The van der Waals surface area contributed by atoms with Crippen LogP contribution >= 0.6 is 0 Å². The van der Waals surface area contributed by atoms with E-state index in [1.54, 1.807) is 12.2 Å². The fourth-order valence-corrected chi connectivity index (χ4v) is 0. The minimum absolute atomic E-state index is 0. The number of hydrogen-bond donors (Lipinski definition) is 0. The van der Waals surface area contributed by atoms with E-state index in [2.05, 4.69) is 13.2 Å². The van der Waals surface area contributed by atoms with Crippen molar-refractivity contribution in [3.63, 3.8) is 0 Å². The first-order valence-electron chi connectivity index (χ1n) is 1.97. The Bertz CT molecular complexity index is 25.2. The molecule has 0 saturated carbocycles. The summed E-state index contributed by atoms with van der Waals surface area (Å²) in [6.07, 6.45) is 3.50. The summed E-state index contributed by atoms with van der Waals surface area (Å²) in [4.78, 5) is 0. The van der Waals surface area contributed by atoms with Crippen LogP contribution < -0.4 is 0 Å². The molecule has 0 spiro atoms. The Labute approximate surface area is 89.1 Å². The molecule has 0 unspecified atom stereocenters. The van der Waals surface area contributed by atoms with Gasteiger partial charge in [0, 0.05) is 51.4 Å². The largest absolute Gasteiger partial charge is 0.103 e. The first-order chi connectivity index (χ1) is 2.83. The van der Waals surface area contributed by atoms with E-state index in [9.17, 15) is 0 Å². The smallest absolute Gasteiger partial charge is 0 e. The van der Waals surface area contributed by atoms with E-state index in [1.807, 2.05) is 13.8 Å². The maximum atomic E-state index is 3.36. The first-order valence-corrected chi connectivity index (χ1v) is 1.97. The summed E-state index contributed by atoms with van der Waals surface area (Å²) in [5.74, 6) is 0. The Morgan fingerprint density at radius 1 is 1.00 bits per heavy atom. The average molecular weight is 123 g/mol. The van der Waals surface area contributed by atoms with Crippen molar-refractivity contribution < 1.29 is 0 Å². The normalized spacial score (nSPS) is 3.71. The summed E-state index contributed by atoms with van der Waals surface area (Å²) in [5.41, 5.74) is 0. The Balaban J connectivity index is -0.0000000400. The molecule has 0 aliphatic carbocycles. The Hall–Kier alpha value is 1.12. The van der Waals surface area contributed by atoms with E-state index in [0.29, 0.717) is 0 Å². The Kier molecular flexibility index (Phi) is 61.5. The zero-order valence-electron chi connectivity index (χ0n) is 5.57. The SMILES string of the molecule is C=CC.C=CC.[K]. The van der Waals surface area contributed by atoms with Gasteiger partial charge < -0.3 is 0 Å². The fourth-order valence-electron chi connectivity index (χ4n) is 0. The monoisotopic (exact) mass is 123 g/mol. The van der Waals surface area contributed by atoms with Crippen LogP contribution in [-0.2, 0) is 0 Å². The van der Waals surface area contributed by atoms with Gasteiger partial charge in [0.2, 0.25) is 0 Å². The van der Waals surface area contributed by atoms with Gasteiger partial charge in [-0.05, 0) is 13.8 Å². The van der Waals surface area contributed by atoms with Crippen molar-refractivity contribution in [3.8, 4) is 0 Å². The van der Waals surface area contributed by atoms with Crippen LogP contribution in [0, 0.1) is 0 Å². The summed E-state index contributed by atoms with van der Waals surface area (Å²) in [6, 6.07) is 0. The van der Waals surface area contributed by atoms with Gasteiger partial charge in [-0.25, -0.2) is 0 Å². The van der Waals surface area contributed by atoms with Crippen LogP contribution in [0.15, 0.2) is 25.3 Å². The molecule has 1 heteroatoms. The zero-order chi connectivity index (χ0) is 5.41. The summed E-state index contributed by atoms with van der Waals surface area (Å²) >= 11 is 0. The van der Waals surface area contributed by atoms with Gasteiger partial charge in [-0.15, -0.1) is 13.2 Å². The zero-order valence-corrected chi connectivity index (χ0v) is 8.69. The van der Waals surface area contributed by atoms with Crippen LogP contribution in [0.4, 0.5) is 0 Å². The van der Waals surface area contributed by atoms with Gasteiger partial charge in [0.15, 0.2) is 0 Å². The van der Waals surface area contributed by atoms with E-state index in [0.717, 1.165) is 0 Å². The topological polar surface area (TPSA) is 0 Å². The van der Waals surface area contributed by atoms with Crippen LogP contribution in [0.25, 0.3) is 0 Å².